The standard InChI is InChI=1S/C15H12OS/c1-11-6-8-12(9-7-11)17-15-10-16-14-5-3-2-4-13(14)15/h2-10H,1H3. The van der Waals surface area contributed by atoms with E-state index in [0.717, 1.165) is 5.58 Å². The van der Waals surface area contributed by atoms with E-state index in [0.29, 0.717) is 0 Å². The number of fused-ring (bicyclic) bond motifs is 1. The predicted octanol–water partition coefficient (Wildman–Crippen LogP) is 4.89. The SMILES string of the molecule is Cc1ccc(Sc2coc3ccccc23)cc1. The van der Waals surface area contributed by atoms with Gasteiger partial charge in [-0.1, -0.05) is 41.6 Å². The molecule has 0 aliphatic carbocycles. The molecule has 0 amide bonds. The summed E-state index contributed by atoms with van der Waals surface area (Å²) in [7, 11) is 0. The third kappa shape index (κ3) is 2.08. The van der Waals surface area contributed by atoms with Crippen molar-refractivity contribution in [3.05, 3.63) is 60.4 Å². The van der Waals surface area contributed by atoms with Crippen LogP contribution in [0.2, 0.25) is 0 Å². The lowest BCUT2D eigenvalue weighted by Gasteiger charge is -1.99. The van der Waals surface area contributed by atoms with Gasteiger partial charge in [0, 0.05) is 10.3 Å². The Hall–Kier alpha value is -1.67. The molecule has 0 fully saturated rings. The van der Waals surface area contributed by atoms with Crippen LogP contribution >= 0.6 is 11.8 Å². The minimum absolute atomic E-state index is 0.946. The van der Waals surface area contributed by atoms with Crippen LogP contribution in [0.25, 0.3) is 11.0 Å². The van der Waals surface area contributed by atoms with Gasteiger partial charge in [-0.3, -0.25) is 0 Å². The highest BCUT2D eigenvalue weighted by atomic mass is 32.2. The molecule has 0 saturated heterocycles. The number of rotatable bonds is 2. The molecule has 0 atom stereocenters. The molecule has 0 aliphatic heterocycles. The van der Waals surface area contributed by atoms with Gasteiger partial charge in [0.15, 0.2) is 0 Å². The molecule has 1 aromatic heterocycles. The van der Waals surface area contributed by atoms with E-state index in [1.807, 2.05) is 24.5 Å². The number of furan rings is 1. The van der Waals surface area contributed by atoms with Crippen molar-refractivity contribution in [3.8, 4) is 0 Å². The first-order chi connectivity index (χ1) is 8.33. The van der Waals surface area contributed by atoms with E-state index in [1.54, 1.807) is 11.8 Å². The van der Waals surface area contributed by atoms with Crippen molar-refractivity contribution in [1.82, 2.24) is 0 Å². The van der Waals surface area contributed by atoms with Crippen molar-refractivity contribution in [2.45, 2.75) is 16.7 Å². The maximum absolute atomic E-state index is 5.52. The van der Waals surface area contributed by atoms with Gasteiger partial charge in [0.25, 0.3) is 0 Å². The molecule has 2 aromatic carbocycles. The van der Waals surface area contributed by atoms with Crippen molar-refractivity contribution in [1.29, 1.82) is 0 Å². The van der Waals surface area contributed by atoms with Gasteiger partial charge in [-0.2, -0.15) is 0 Å². The molecule has 0 bridgehead atoms. The summed E-state index contributed by atoms with van der Waals surface area (Å²) < 4.78 is 5.52. The van der Waals surface area contributed by atoms with Gasteiger partial charge in [-0.15, -0.1) is 0 Å². The Morgan fingerprint density at radius 2 is 1.71 bits per heavy atom. The summed E-state index contributed by atoms with van der Waals surface area (Å²) in [4.78, 5) is 2.41. The maximum Gasteiger partial charge on any atom is 0.135 e. The largest absolute Gasteiger partial charge is 0.463 e. The van der Waals surface area contributed by atoms with E-state index in [1.165, 1.54) is 20.7 Å². The lowest BCUT2D eigenvalue weighted by molar-refractivity contribution is 0.608. The molecular formula is C15H12OS. The van der Waals surface area contributed by atoms with Crippen LogP contribution in [-0.4, -0.2) is 0 Å². The second kappa shape index (κ2) is 4.30. The van der Waals surface area contributed by atoms with Crippen LogP contribution in [-0.2, 0) is 0 Å². The molecular weight excluding hydrogens is 228 g/mol. The minimum Gasteiger partial charge on any atom is -0.463 e. The van der Waals surface area contributed by atoms with Gasteiger partial charge in [-0.25, -0.2) is 0 Å². The van der Waals surface area contributed by atoms with Crippen LogP contribution in [0.4, 0.5) is 0 Å². The summed E-state index contributed by atoms with van der Waals surface area (Å²) >= 11 is 1.74. The molecule has 1 heterocycles. The highest BCUT2D eigenvalue weighted by Gasteiger charge is 2.06. The van der Waals surface area contributed by atoms with Crippen LogP contribution in [0, 0.1) is 6.92 Å². The van der Waals surface area contributed by atoms with Crippen LogP contribution < -0.4 is 0 Å². The van der Waals surface area contributed by atoms with Crippen molar-refractivity contribution in [2.24, 2.45) is 0 Å². The van der Waals surface area contributed by atoms with E-state index in [2.05, 4.69) is 37.3 Å². The molecule has 17 heavy (non-hydrogen) atoms. The van der Waals surface area contributed by atoms with Gasteiger partial charge < -0.3 is 4.42 Å². The number of hydrogen-bond donors (Lipinski definition) is 0. The summed E-state index contributed by atoms with van der Waals surface area (Å²) in [6.07, 6.45) is 1.83. The lowest BCUT2D eigenvalue weighted by atomic mass is 10.2. The molecule has 0 unspecified atom stereocenters. The van der Waals surface area contributed by atoms with Gasteiger partial charge in [-0.05, 0) is 31.2 Å². The Kier molecular flexibility index (Phi) is 2.65. The number of aryl methyl sites for hydroxylation is 1. The summed E-state index contributed by atoms with van der Waals surface area (Å²) in [6.45, 7) is 2.10. The average Bonchev–Trinajstić information content (AvgIpc) is 2.76. The Morgan fingerprint density at radius 3 is 2.53 bits per heavy atom. The monoisotopic (exact) mass is 240 g/mol. The second-order valence-electron chi connectivity index (χ2n) is 4.01. The molecule has 2 heteroatoms. The summed E-state index contributed by atoms with van der Waals surface area (Å²) in [5, 5.41) is 1.18. The van der Waals surface area contributed by atoms with E-state index < -0.39 is 0 Å². The minimum atomic E-state index is 0.946. The first kappa shape index (κ1) is 10.5. The molecule has 3 rings (SSSR count). The van der Waals surface area contributed by atoms with Gasteiger partial charge >= 0.3 is 0 Å². The molecule has 0 N–H and O–H groups in total. The molecule has 0 spiro atoms. The number of hydrogen-bond acceptors (Lipinski definition) is 2. The second-order valence-corrected chi connectivity index (χ2v) is 5.13. The predicted molar refractivity (Wildman–Crippen MR) is 71.5 cm³/mol. The zero-order valence-electron chi connectivity index (χ0n) is 9.51. The van der Waals surface area contributed by atoms with Crippen LogP contribution in [0.3, 0.4) is 0 Å². The van der Waals surface area contributed by atoms with Crippen LogP contribution in [0.5, 0.6) is 0 Å². The zero-order chi connectivity index (χ0) is 11.7. The Morgan fingerprint density at radius 1 is 0.941 bits per heavy atom. The first-order valence-corrected chi connectivity index (χ1v) is 6.35. The third-order valence-corrected chi connectivity index (χ3v) is 3.74. The van der Waals surface area contributed by atoms with Crippen LogP contribution in [0.15, 0.2) is 69.0 Å². The van der Waals surface area contributed by atoms with Crippen molar-refractivity contribution in [3.63, 3.8) is 0 Å². The Balaban J connectivity index is 1.97. The van der Waals surface area contributed by atoms with Crippen molar-refractivity contribution in [2.75, 3.05) is 0 Å². The van der Waals surface area contributed by atoms with Gasteiger partial charge in [0.1, 0.15) is 11.8 Å². The molecule has 0 radical (unpaired) electrons. The Labute approximate surface area is 104 Å². The van der Waals surface area contributed by atoms with Crippen molar-refractivity contribution >= 4 is 22.7 Å². The average molecular weight is 240 g/mol. The topological polar surface area (TPSA) is 13.1 Å². The quantitative estimate of drug-likeness (QED) is 0.632. The van der Waals surface area contributed by atoms with E-state index >= 15 is 0 Å². The normalized spacial score (nSPS) is 10.9. The lowest BCUT2D eigenvalue weighted by Crippen LogP contribution is -1.73. The smallest absolute Gasteiger partial charge is 0.135 e. The molecule has 84 valence electrons. The number of para-hydroxylation sites is 1. The highest BCUT2D eigenvalue weighted by Crippen LogP contribution is 2.34. The molecule has 0 saturated carbocycles. The van der Waals surface area contributed by atoms with E-state index in [9.17, 15) is 0 Å². The Bertz CT molecular complexity index is 637. The molecule has 1 nitrogen and oxygen atoms in total. The maximum atomic E-state index is 5.52. The highest BCUT2D eigenvalue weighted by molar-refractivity contribution is 7.99. The fraction of sp³-hybridized carbons (Fsp3) is 0.0667. The number of benzene rings is 2. The van der Waals surface area contributed by atoms with Crippen LogP contribution in [0.1, 0.15) is 5.56 Å². The summed E-state index contributed by atoms with van der Waals surface area (Å²) in [6, 6.07) is 16.7. The fourth-order valence-electron chi connectivity index (χ4n) is 1.77. The third-order valence-electron chi connectivity index (χ3n) is 2.69. The summed E-state index contributed by atoms with van der Waals surface area (Å²) in [5.74, 6) is 0. The molecule has 3 aromatic rings. The van der Waals surface area contributed by atoms with Crippen molar-refractivity contribution < 1.29 is 4.42 Å². The first-order valence-electron chi connectivity index (χ1n) is 5.54. The van der Waals surface area contributed by atoms with E-state index in [-0.39, 0.29) is 0 Å². The van der Waals surface area contributed by atoms with E-state index in [4.69, 9.17) is 4.42 Å². The summed E-state index contributed by atoms with van der Waals surface area (Å²) in [5.41, 5.74) is 2.23. The zero-order valence-corrected chi connectivity index (χ0v) is 10.3. The van der Waals surface area contributed by atoms with Gasteiger partial charge in [0.2, 0.25) is 0 Å². The molecule has 0 aliphatic rings. The fourth-order valence-corrected chi connectivity index (χ4v) is 2.67. The van der Waals surface area contributed by atoms with Gasteiger partial charge in [0.05, 0.1) is 4.90 Å².